The number of hydrogen-bond donors (Lipinski definition) is 1. The van der Waals surface area contributed by atoms with Crippen LogP contribution in [0.3, 0.4) is 0 Å². The molecule has 0 radical (unpaired) electrons. The fraction of sp³-hybridized carbons (Fsp3) is 1.00. The van der Waals surface area contributed by atoms with Crippen molar-refractivity contribution >= 4 is 0 Å². The number of nitrogens with zero attached hydrogens (tertiary/aromatic N) is 1. The fourth-order valence-corrected chi connectivity index (χ4v) is 1.96. The number of hydrogen-bond acceptors (Lipinski definition) is 3. The Morgan fingerprint density at radius 3 is 2.92 bits per heavy atom. The third-order valence-corrected chi connectivity index (χ3v) is 2.99. The Balaban J connectivity index is 2.33. The minimum absolute atomic E-state index is 0.311. The van der Waals surface area contributed by atoms with E-state index in [4.69, 9.17) is 4.74 Å². The minimum atomic E-state index is 0.311. The number of ether oxygens (including phenoxy) is 1. The molecular weight excluding hydrogens is 164 g/mol. The molecule has 0 amide bonds. The highest BCUT2D eigenvalue weighted by Crippen LogP contribution is 2.19. The molecule has 3 nitrogen and oxygen atoms in total. The first-order chi connectivity index (χ1) is 6.20. The quantitative estimate of drug-likeness (QED) is 0.699. The summed E-state index contributed by atoms with van der Waals surface area (Å²) in [6.45, 7) is 6.58. The molecule has 78 valence electrons. The van der Waals surface area contributed by atoms with Crippen LogP contribution in [0.2, 0.25) is 0 Å². The topological polar surface area (TPSA) is 24.5 Å². The van der Waals surface area contributed by atoms with Gasteiger partial charge in [-0.1, -0.05) is 0 Å². The smallest absolute Gasteiger partial charge is 0.0589 e. The van der Waals surface area contributed by atoms with Crippen LogP contribution in [0.15, 0.2) is 0 Å². The average molecular weight is 186 g/mol. The molecule has 1 unspecified atom stereocenters. The number of rotatable bonds is 4. The van der Waals surface area contributed by atoms with Crippen molar-refractivity contribution in [1.82, 2.24) is 10.2 Å². The van der Waals surface area contributed by atoms with Gasteiger partial charge in [-0.2, -0.15) is 0 Å². The summed E-state index contributed by atoms with van der Waals surface area (Å²) in [6.07, 6.45) is 2.58. The standard InChI is InChI=1S/C10H22N2O/c1-10(11-2)5-4-6-12(9-10)7-8-13-3/h11H,4-9H2,1-3H3. The van der Waals surface area contributed by atoms with E-state index < -0.39 is 0 Å². The van der Waals surface area contributed by atoms with Crippen LogP contribution in [0.25, 0.3) is 0 Å². The van der Waals surface area contributed by atoms with Crippen molar-refractivity contribution < 1.29 is 4.74 Å². The Hall–Kier alpha value is -0.120. The maximum atomic E-state index is 5.08. The van der Waals surface area contributed by atoms with Gasteiger partial charge in [-0.15, -0.1) is 0 Å². The van der Waals surface area contributed by atoms with Crippen LogP contribution < -0.4 is 5.32 Å². The molecule has 1 atom stereocenters. The predicted molar refractivity (Wildman–Crippen MR) is 55.0 cm³/mol. The first-order valence-corrected chi connectivity index (χ1v) is 5.10. The van der Waals surface area contributed by atoms with Gasteiger partial charge in [0.05, 0.1) is 6.61 Å². The van der Waals surface area contributed by atoms with Crippen molar-refractivity contribution in [2.45, 2.75) is 25.3 Å². The number of nitrogens with one attached hydrogen (secondary N) is 1. The molecule has 1 rings (SSSR count). The molecule has 0 aromatic carbocycles. The Kier molecular flexibility index (Phi) is 4.16. The highest BCUT2D eigenvalue weighted by atomic mass is 16.5. The van der Waals surface area contributed by atoms with Gasteiger partial charge in [0.1, 0.15) is 0 Å². The minimum Gasteiger partial charge on any atom is -0.383 e. The maximum absolute atomic E-state index is 5.08. The molecule has 1 aliphatic heterocycles. The van der Waals surface area contributed by atoms with E-state index in [-0.39, 0.29) is 0 Å². The first kappa shape index (κ1) is 11.0. The van der Waals surface area contributed by atoms with E-state index in [1.807, 2.05) is 0 Å². The molecule has 0 aromatic rings. The Bertz CT molecular complexity index is 152. The second-order valence-electron chi connectivity index (χ2n) is 4.18. The van der Waals surface area contributed by atoms with Gasteiger partial charge in [-0.3, -0.25) is 4.90 Å². The molecule has 3 heteroatoms. The lowest BCUT2D eigenvalue weighted by Gasteiger charge is -2.40. The zero-order chi connectivity index (χ0) is 9.73. The van der Waals surface area contributed by atoms with Crippen molar-refractivity contribution in [2.24, 2.45) is 0 Å². The van der Waals surface area contributed by atoms with Crippen LogP contribution in [0.4, 0.5) is 0 Å². The Morgan fingerprint density at radius 1 is 1.54 bits per heavy atom. The molecule has 1 fully saturated rings. The van der Waals surface area contributed by atoms with Crippen LogP contribution in [0.5, 0.6) is 0 Å². The summed E-state index contributed by atoms with van der Waals surface area (Å²) >= 11 is 0. The molecule has 1 saturated heterocycles. The Morgan fingerprint density at radius 2 is 2.31 bits per heavy atom. The molecule has 1 aliphatic rings. The van der Waals surface area contributed by atoms with Crippen LogP contribution in [0.1, 0.15) is 19.8 Å². The summed E-state index contributed by atoms with van der Waals surface area (Å²) in [4.78, 5) is 2.48. The van der Waals surface area contributed by atoms with Crippen LogP contribution in [-0.2, 0) is 4.74 Å². The lowest BCUT2D eigenvalue weighted by Crippen LogP contribution is -2.54. The van der Waals surface area contributed by atoms with Gasteiger partial charge in [-0.25, -0.2) is 0 Å². The second-order valence-corrected chi connectivity index (χ2v) is 4.18. The number of likely N-dealkylation sites (tertiary alicyclic amines) is 1. The fourth-order valence-electron chi connectivity index (χ4n) is 1.96. The third-order valence-electron chi connectivity index (χ3n) is 2.99. The van der Waals surface area contributed by atoms with Gasteiger partial charge < -0.3 is 10.1 Å². The SMILES string of the molecule is CNC1(C)CCCN(CCOC)C1. The van der Waals surface area contributed by atoms with E-state index in [0.717, 1.165) is 19.7 Å². The van der Waals surface area contributed by atoms with E-state index in [1.54, 1.807) is 7.11 Å². The molecule has 13 heavy (non-hydrogen) atoms. The summed E-state index contributed by atoms with van der Waals surface area (Å²) in [5.74, 6) is 0. The highest BCUT2D eigenvalue weighted by Gasteiger charge is 2.28. The zero-order valence-corrected chi connectivity index (χ0v) is 9.10. The molecule has 1 N–H and O–H groups in total. The monoisotopic (exact) mass is 186 g/mol. The predicted octanol–water partition coefficient (Wildman–Crippen LogP) is 0.707. The molecular formula is C10H22N2O. The van der Waals surface area contributed by atoms with E-state index in [9.17, 15) is 0 Å². The number of likely N-dealkylation sites (N-methyl/N-ethyl adjacent to an activating group) is 1. The number of methoxy groups -OCH3 is 1. The normalized spacial score (nSPS) is 30.7. The van der Waals surface area contributed by atoms with Gasteiger partial charge in [0.25, 0.3) is 0 Å². The molecule has 0 saturated carbocycles. The van der Waals surface area contributed by atoms with Crippen molar-refractivity contribution in [1.29, 1.82) is 0 Å². The molecule has 0 aliphatic carbocycles. The van der Waals surface area contributed by atoms with E-state index >= 15 is 0 Å². The maximum Gasteiger partial charge on any atom is 0.0589 e. The van der Waals surface area contributed by atoms with Gasteiger partial charge in [0.15, 0.2) is 0 Å². The Labute approximate surface area is 81.4 Å². The van der Waals surface area contributed by atoms with E-state index in [1.165, 1.54) is 19.4 Å². The number of piperidine rings is 1. The summed E-state index contributed by atoms with van der Waals surface area (Å²) in [5.41, 5.74) is 0.311. The molecule has 0 aromatic heterocycles. The summed E-state index contributed by atoms with van der Waals surface area (Å²) < 4.78 is 5.08. The van der Waals surface area contributed by atoms with Crippen molar-refractivity contribution in [2.75, 3.05) is 40.4 Å². The van der Waals surface area contributed by atoms with E-state index in [0.29, 0.717) is 5.54 Å². The molecule has 0 spiro atoms. The van der Waals surface area contributed by atoms with Gasteiger partial charge in [-0.05, 0) is 33.4 Å². The zero-order valence-electron chi connectivity index (χ0n) is 9.10. The highest BCUT2D eigenvalue weighted by molar-refractivity contribution is 4.89. The third kappa shape index (κ3) is 3.25. The van der Waals surface area contributed by atoms with Crippen molar-refractivity contribution in [3.63, 3.8) is 0 Å². The molecule has 1 heterocycles. The van der Waals surface area contributed by atoms with Crippen LogP contribution in [-0.4, -0.2) is 50.8 Å². The lowest BCUT2D eigenvalue weighted by molar-refractivity contribution is 0.0977. The second kappa shape index (κ2) is 4.94. The van der Waals surface area contributed by atoms with Gasteiger partial charge in [0, 0.05) is 25.7 Å². The van der Waals surface area contributed by atoms with Crippen molar-refractivity contribution in [3.8, 4) is 0 Å². The average Bonchev–Trinajstić information content (AvgIpc) is 2.15. The van der Waals surface area contributed by atoms with Crippen LogP contribution >= 0.6 is 0 Å². The lowest BCUT2D eigenvalue weighted by atomic mass is 9.91. The first-order valence-electron chi connectivity index (χ1n) is 5.10. The van der Waals surface area contributed by atoms with Gasteiger partial charge >= 0.3 is 0 Å². The van der Waals surface area contributed by atoms with Crippen molar-refractivity contribution in [3.05, 3.63) is 0 Å². The largest absolute Gasteiger partial charge is 0.383 e. The van der Waals surface area contributed by atoms with Crippen LogP contribution in [0, 0.1) is 0 Å². The molecule has 0 bridgehead atoms. The summed E-state index contributed by atoms with van der Waals surface area (Å²) in [5, 5.41) is 3.40. The summed E-state index contributed by atoms with van der Waals surface area (Å²) in [6, 6.07) is 0. The van der Waals surface area contributed by atoms with E-state index in [2.05, 4.69) is 24.2 Å². The van der Waals surface area contributed by atoms with Gasteiger partial charge in [0.2, 0.25) is 0 Å². The summed E-state index contributed by atoms with van der Waals surface area (Å²) in [7, 11) is 3.82.